The molecule has 1 unspecified atom stereocenters. The van der Waals surface area contributed by atoms with E-state index < -0.39 is 5.54 Å². The van der Waals surface area contributed by atoms with Crippen LogP contribution in [0.4, 0.5) is 4.79 Å². The van der Waals surface area contributed by atoms with Gasteiger partial charge < -0.3 is 14.7 Å². The number of likely N-dealkylation sites (N-methyl/N-ethyl adjacent to an activating group) is 1. The van der Waals surface area contributed by atoms with Crippen molar-refractivity contribution in [1.29, 1.82) is 0 Å². The fraction of sp³-hybridized carbons (Fsp3) is 0.591. The van der Waals surface area contributed by atoms with Crippen LogP contribution in [0.5, 0.6) is 0 Å². The molecule has 1 spiro atoms. The number of carbonyl (C=O) groups is 3. The molecule has 0 aromatic heterocycles. The van der Waals surface area contributed by atoms with E-state index in [0.717, 1.165) is 31.5 Å². The predicted octanol–water partition coefficient (Wildman–Crippen LogP) is 1.78. The number of hydrogen-bond acceptors (Lipinski definition) is 4. The molecule has 3 aliphatic rings. The van der Waals surface area contributed by atoms with Gasteiger partial charge in [-0.3, -0.25) is 14.5 Å². The lowest BCUT2D eigenvalue weighted by Crippen LogP contribution is -2.58. The van der Waals surface area contributed by atoms with Crippen LogP contribution in [0.2, 0.25) is 0 Å². The molecule has 0 saturated carbocycles. The van der Waals surface area contributed by atoms with Gasteiger partial charge in [0, 0.05) is 33.2 Å². The van der Waals surface area contributed by atoms with Gasteiger partial charge in [-0.2, -0.15) is 0 Å². The van der Waals surface area contributed by atoms with Crippen LogP contribution >= 0.6 is 0 Å². The third-order valence-electron chi connectivity index (χ3n) is 6.80. The fourth-order valence-electron chi connectivity index (χ4n) is 5.07. The third kappa shape index (κ3) is 3.52. The molecule has 0 radical (unpaired) electrons. The average molecular weight is 399 g/mol. The van der Waals surface area contributed by atoms with Gasteiger partial charge in [0.2, 0.25) is 5.91 Å². The van der Waals surface area contributed by atoms with E-state index in [-0.39, 0.29) is 23.8 Å². The number of carbonyl (C=O) groups excluding carboxylic acids is 3. The standard InChI is InChI=1S/C22H30N4O3/c1-23-12-6-9-18(16-23)19(27)25-13-10-22(11-14-25)20(28)24(2)21(29)26(22)15-17-7-4-3-5-8-17/h3-5,7-8,18H,6,9-16H2,1-2H3. The van der Waals surface area contributed by atoms with Crippen molar-refractivity contribution in [3.05, 3.63) is 35.9 Å². The Hall–Kier alpha value is -2.41. The van der Waals surface area contributed by atoms with Crippen LogP contribution in [0, 0.1) is 5.92 Å². The Morgan fingerprint density at radius 2 is 1.76 bits per heavy atom. The summed E-state index contributed by atoms with van der Waals surface area (Å²) >= 11 is 0. The van der Waals surface area contributed by atoms with Gasteiger partial charge in [-0.15, -0.1) is 0 Å². The summed E-state index contributed by atoms with van der Waals surface area (Å²) in [5, 5.41) is 0. The molecular formula is C22H30N4O3. The van der Waals surface area contributed by atoms with E-state index in [1.54, 1.807) is 11.9 Å². The van der Waals surface area contributed by atoms with Gasteiger partial charge in [-0.05, 0) is 44.8 Å². The molecule has 1 atom stereocenters. The molecule has 3 fully saturated rings. The number of benzene rings is 1. The van der Waals surface area contributed by atoms with Gasteiger partial charge in [0.25, 0.3) is 5.91 Å². The average Bonchev–Trinajstić information content (AvgIpc) is 2.91. The van der Waals surface area contributed by atoms with Crippen molar-refractivity contribution in [1.82, 2.24) is 19.6 Å². The number of piperidine rings is 2. The predicted molar refractivity (Wildman–Crippen MR) is 109 cm³/mol. The van der Waals surface area contributed by atoms with Gasteiger partial charge in [-0.25, -0.2) is 4.79 Å². The van der Waals surface area contributed by atoms with Crippen molar-refractivity contribution < 1.29 is 14.4 Å². The highest BCUT2D eigenvalue weighted by Crippen LogP contribution is 2.38. The van der Waals surface area contributed by atoms with Crippen molar-refractivity contribution in [2.75, 3.05) is 40.3 Å². The molecule has 0 aliphatic carbocycles. The van der Waals surface area contributed by atoms with Crippen LogP contribution < -0.4 is 0 Å². The van der Waals surface area contributed by atoms with Crippen molar-refractivity contribution in [3.8, 4) is 0 Å². The first kappa shape index (κ1) is 19.9. The molecule has 0 N–H and O–H groups in total. The van der Waals surface area contributed by atoms with E-state index in [1.807, 2.05) is 35.2 Å². The summed E-state index contributed by atoms with van der Waals surface area (Å²) in [6.45, 7) is 3.32. The topological polar surface area (TPSA) is 64.2 Å². The molecule has 3 aliphatic heterocycles. The summed E-state index contributed by atoms with van der Waals surface area (Å²) in [5.74, 6) is 0.112. The second-order valence-electron chi connectivity index (χ2n) is 8.68. The maximum atomic E-state index is 13.1. The molecule has 0 bridgehead atoms. The first-order valence-corrected chi connectivity index (χ1v) is 10.5. The second kappa shape index (κ2) is 7.78. The molecule has 1 aromatic rings. The Morgan fingerprint density at radius 3 is 2.41 bits per heavy atom. The van der Waals surface area contributed by atoms with Crippen molar-refractivity contribution in [2.24, 2.45) is 5.92 Å². The lowest BCUT2D eigenvalue weighted by molar-refractivity contribution is -0.144. The van der Waals surface area contributed by atoms with Gasteiger partial charge >= 0.3 is 6.03 Å². The van der Waals surface area contributed by atoms with E-state index in [4.69, 9.17) is 0 Å². The number of likely N-dealkylation sites (tertiary alicyclic amines) is 2. The Bertz CT molecular complexity index is 789. The Kier molecular flexibility index (Phi) is 5.34. The number of urea groups is 1. The van der Waals surface area contributed by atoms with Crippen molar-refractivity contribution in [2.45, 2.75) is 37.8 Å². The van der Waals surface area contributed by atoms with Gasteiger partial charge in [0.05, 0.1) is 5.92 Å². The first-order valence-electron chi connectivity index (χ1n) is 10.5. The zero-order valence-corrected chi connectivity index (χ0v) is 17.3. The monoisotopic (exact) mass is 398 g/mol. The highest BCUT2D eigenvalue weighted by molar-refractivity contribution is 6.06. The minimum atomic E-state index is -0.832. The maximum absolute atomic E-state index is 13.1. The van der Waals surface area contributed by atoms with E-state index >= 15 is 0 Å². The lowest BCUT2D eigenvalue weighted by Gasteiger charge is -2.43. The zero-order chi connectivity index (χ0) is 20.6. The number of nitrogens with zero attached hydrogens (tertiary/aromatic N) is 4. The summed E-state index contributed by atoms with van der Waals surface area (Å²) in [6.07, 6.45) is 2.99. The molecule has 156 valence electrons. The van der Waals surface area contributed by atoms with Crippen molar-refractivity contribution >= 4 is 17.8 Å². The third-order valence-corrected chi connectivity index (χ3v) is 6.80. The summed E-state index contributed by atoms with van der Waals surface area (Å²) in [7, 11) is 3.62. The second-order valence-corrected chi connectivity index (χ2v) is 8.68. The van der Waals surface area contributed by atoms with Crippen LogP contribution in [0.15, 0.2) is 30.3 Å². The molecule has 1 aromatic carbocycles. The zero-order valence-electron chi connectivity index (χ0n) is 17.3. The summed E-state index contributed by atoms with van der Waals surface area (Å²) < 4.78 is 0. The van der Waals surface area contributed by atoms with E-state index in [9.17, 15) is 14.4 Å². The maximum Gasteiger partial charge on any atom is 0.327 e. The quantitative estimate of drug-likeness (QED) is 0.728. The number of rotatable bonds is 3. The normalized spacial score (nSPS) is 25.2. The number of amides is 4. The Balaban J connectivity index is 1.49. The van der Waals surface area contributed by atoms with E-state index in [1.165, 1.54) is 4.90 Å². The Morgan fingerprint density at radius 1 is 1.07 bits per heavy atom. The lowest BCUT2D eigenvalue weighted by atomic mass is 9.84. The minimum Gasteiger partial charge on any atom is -0.342 e. The Labute approximate surface area is 172 Å². The number of imide groups is 1. The summed E-state index contributed by atoms with van der Waals surface area (Å²) in [5.41, 5.74) is 0.175. The molecule has 4 rings (SSSR count). The van der Waals surface area contributed by atoms with Crippen LogP contribution in [-0.2, 0) is 16.1 Å². The molecular weight excluding hydrogens is 368 g/mol. The fourth-order valence-corrected chi connectivity index (χ4v) is 5.07. The SMILES string of the molecule is CN1CCCC(C(=O)N2CCC3(CC2)C(=O)N(C)C(=O)N3Cc2ccccc2)C1. The van der Waals surface area contributed by atoms with Crippen LogP contribution in [-0.4, -0.2) is 83.3 Å². The van der Waals surface area contributed by atoms with Crippen molar-refractivity contribution in [3.63, 3.8) is 0 Å². The largest absolute Gasteiger partial charge is 0.342 e. The van der Waals surface area contributed by atoms with Crippen LogP contribution in [0.3, 0.4) is 0 Å². The molecule has 29 heavy (non-hydrogen) atoms. The smallest absolute Gasteiger partial charge is 0.327 e. The first-order chi connectivity index (χ1) is 13.9. The van der Waals surface area contributed by atoms with Gasteiger partial charge in [0.1, 0.15) is 5.54 Å². The molecule has 4 amide bonds. The minimum absolute atomic E-state index is 0.0480. The number of hydrogen-bond donors (Lipinski definition) is 0. The summed E-state index contributed by atoms with van der Waals surface area (Å²) in [6, 6.07) is 9.53. The highest BCUT2D eigenvalue weighted by atomic mass is 16.2. The van der Waals surface area contributed by atoms with Crippen LogP contribution in [0.25, 0.3) is 0 Å². The van der Waals surface area contributed by atoms with Gasteiger partial charge in [0.15, 0.2) is 0 Å². The summed E-state index contributed by atoms with van der Waals surface area (Å²) in [4.78, 5) is 46.0. The van der Waals surface area contributed by atoms with E-state index in [0.29, 0.717) is 32.5 Å². The van der Waals surface area contributed by atoms with Gasteiger partial charge in [-0.1, -0.05) is 30.3 Å². The molecule has 3 heterocycles. The molecule has 7 heteroatoms. The molecule has 7 nitrogen and oxygen atoms in total. The van der Waals surface area contributed by atoms with E-state index in [2.05, 4.69) is 11.9 Å². The molecule has 3 saturated heterocycles. The van der Waals surface area contributed by atoms with Crippen LogP contribution in [0.1, 0.15) is 31.2 Å². The highest BCUT2D eigenvalue weighted by Gasteiger charge is 2.57.